The topological polar surface area (TPSA) is 55.8 Å². The molecule has 0 bridgehead atoms. The number of nitrogens with zero attached hydrogens (tertiary/aromatic N) is 4. The summed E-state index contributed by atoms with van der Waals surface area (Å²) < 4.78 is 38.2. The van der Waals surface area contributed by atoms with Crippen LogP contribution in [0.25, 0.3) is 0 Å². The molecule has 0 amide bonds. The molecule has 1 atom stereocenters. The monoisotopic (exact) mass is 562 g/mol. The van der Waals surface area contributed by atoms with Gasteiger partial charge in [0.25, 0.3) is 0 Å². The maximum atomic E-state index is 12.7. The summed E-state index contributed by atoms with van der Waals surface area (Å²) in [5.74, 6) is 1.63. The van der Waals surface area contributed by atoms with Gasteiger partial charge >= 0.3 is 6.18 Å². The highest BCUT2D eigenvalue weighted by Crippen LogP contribution is 2.29. The van der Waals surface area contributed by atoms with Gasteiger partial charge in [-0.3, -0.25) is 9.89 Å². The van der Waals surface area contributed by atoms with Gasteiger partial charge in [0, 0.05) is 65.1 Å². The van der Waals surface area contributed by atoms with Crippen molar-refractivity contribution in [2.24, 2.45) is 4.99 Å². The van der Waals surface area contributed by atoms with Crippen LogP contribution in [-0.2, 0) is 19.3 Å². The minimum absolute atomic E-state index is 0. The van der Waals surface area contributed by atoms with E-state index in [1.165, 1.54) is 0 Å². The van der Waals surface area contributed by atoms with E-state index in [0.29, 0.717) is 13.1 Å². The predicted octanol–water partition coefficient (Wildman–Crippen LogP) is 3.72. The molecule has 32 heavy (non-hydrogen) atoms. The first-order chi connectivity index (χ1) is 14.8. The molecule has 176 valence electrons. The molecule has 2 heterocycles. The van der Waals surface area contributed by atoms with Gasteiger partial charge in [-0.25, -0.2) is 4.98 Å². The van der Waals surface area contributed by atoms with Gasteiger partial charge in [-0.2, -0.15) is 13.2 Å². The first-order valence-corrected chi connectivity index (χ1v) is 10.2. The summed E-state index contributed by atoms with van der Waals surface area (Å²) >= 11 is 0. The molecule has 1 unspecified atom stereocenters. The number of guanidine groups is 1. The van der Waals surface area contributed by atoms with Crippen LogP contribution in [0.3, 0.4) is 0 Å². The summed E-state index contributed by atoms with van der Waals surface area (Å²) in [5, 5.41) is 6.78. The number of aliphatic imine (C=N–C) groups is 1. The van der Waals surface area contributed by atoms with Crippen molar-refractivity contribution in [3.8, 4) is 0 Å². The van der Waals surface area contributed by atoms with E-state index in [4.69, 9.17) is 0 Å². The molecule has 10 heteroatoms. The smallest absolute Gasteiger partial charge is 0.362 e. The number of rotatable bonds is 6. The molecule has 1 saturated heterocycles. The highest BCUT2D eigenvalue weighted by atomic mass is 127. The average Bonchev–Trinajstić information content (AvgIpc) is 3.17. The summed E-state index contributed by atoms with van der Waals surface area (Å²) in [7, 11) is 5.66. The van der Waals surface area contributed by atoms with Crippen LogP contribution in [0.15, 0.2) is 47.6 Å². The second-order valence-corrected chi connectivity index (χ2v) is 7.87. The fourth-order valence-electron chi connectivity index (χ4n) is 3.69. The zero-order chi connectivity index (χ0) is 22.4. The Morgan fingerprint density at radius 1 is 1.22 bits per heavy atom. The third kappa shape index (κ3) is 7.22. The number of alkyl halides is 3. The number of nitrogens with one attached hydrogen (secondary N) is 2. The van der Waals surface area contributed by atoms with Crippen molar-refractivity contribution >= 4 is 35.8 Å². The van der Waals surface area contributed by atoms with Crippen LogP contribution in [-0.4, -0.2) is 56.1 Å². The van der Waals surface area contributed by atoms with Crippen molar-refractivity contribution in [1.82, 2.24) is 20.5 Å². The molecule has 2 N–H and O–H groups in total. The Kier molecular flexibility index (Phi) is 9.56. The Morgan fingerprint density at radius 3 is 2.56 bits per heavy atom. The molecule has 0 aliphatic carbocycles. The van der Waals surface area contributed by atoms with E-state index < -0.39 is 11.7 Å². The molecule has 3 rings (SSSR count). The normalized spacial score (nSPS) is 17.1. The average molecular weight is 562 g/mol. The minimum Gasteiger partial charge on any atom is -0.362 e. The molecule has 1 aromatic carbocycles. The summed E-state index contributed by atoms with van der Waals surface area (Å²) in [6, 6.07) is 9.57. The van der Waals surface area contributed by atoms with Crippen molar-refractivity contribution in [2.75, 3.05) is 39.1 Å². The van der Waals surface area contributed by atoms with Crippen LogP contribution in [0.2, 0.25) is 0 Å². The lowest BCUT2D eigenvalue weighted by Gasteiger charge is -2.20. The van der Waals surface area contributed by atoms with Gasteiger partial charge in [0.15, 0.2) is 5.96 Å². The molecule has 1 aliphatic rings. The number of likely N-dealkylation sites (tertiary alicyclic amines) is 1. The van der Waals surface area contributed by atoms with E-state index in [1.54, 1.807) is 25.4 Å². The number of hydrogen-bond acceptors (Lipinski definition) is 4. The van der Waals surface area contributed by atoms with Gasteiger partial charge in [0.05, 0.1) is 5.56 Å². The molecule has 1 aromatic heterocycles. The van der Waals surface area contributed by atoms with E-state index in [9.17, 15) is 13.2 Å². The van der Waals surface area contributed by atoms with Gasteiger partial charge < -0.3 is 15.5 Å². The number of pyridine rings is 1. The van der Waals surface area contributed by atoms with Gasteiger partial charge in [-0.05, 0) is 30.2 Å². The quantitative estimate of drug-likeness (QED) is 0.320. The zero-order valence-corrected chi connectivity index (χ0v) is 20.8. The SMILES string of the molecule is CN=C(NCc1cccnc1N(C)C)NC1CCN(Cc2ccc(C(F)(F)F)cc2)C1.I. The van der Waals surface area contributed by atoms with E-state index in [1.807, 2.05) is 31.1 Å². The Morgan fingerprint density at radius 2 is 1.94 bits per heavy atom. The van der Waals surface area contributed by atoms with Crippen molar-refractivity contribution < 1.29 is 13.2 Å². The fraction of sp³-hybridized carbons (Fsp3) is 0.455. The summed E-state index contributed by atoms with van der Waals surface area (Å²) in [6.45, 7) is 2.91. The summed E-state index contributed by atoms with van der Waals surface area (Å²) in [4.78, 5) is 12.9. The van der Waals surface area contributed by atoms with Crippen LogP contribution in [0.1, 0.15) is 23.1 Å². The van der Waals surface area contributed by atoms with Crippen LogP contribution in [0, 0.1) is 0 Å². The molecule has 0 radical (unpaired) electrons. The molecular weight excluding hydrogens is 532 g/mol. The van der Waals surface area contributed by atoms with E-state index in [-0.39, 0.29) is 30.0 Å². The minimum atomic E-state index is -4.30. The Labute approximate surface area is 204 Å². The number of halogens is 4. The van der Waals surface area contributed by atoms with Crippen LogP contribution < -0.4 is 15.5 Å². The van der Waals surface area contributed by atoms with E-state index in [2.05, 4.69) is 25.5 Å². The molecule has 1 aliphatic heterocycles. The Hall–Kier alpha value is -2.08. The maximum Gasteiger partial charge on any atom is 0.416 e. The molecule has 0 saturated carbocycles. The molecule has 6 nitrogen and oxygen atoms in total. The van der Waals surface area contributed by atoms with Crippen molar-refractivity contribution in [3.05, 3.63) is 59.3 Å². The molecule has 1 fully saturated rings. The number of aromatic nitrogens is 1. The number of benzene rings is 1. The summed E-state index contributed by atoms with van der Waals surface area (Å²) in [5.41, 5.74) is 1.34. The van der Waals surface area contributed by atoms with Crippen LogP contribution in [0.4, 0.5) is 19.0 Å². The molecule has 2 aromatic rings. The van der Waals surface area contributed by atoms with Gasteiger partial charge in [-0.1, -0.05) is 18.2 Å². The van der Waals surface area contributed by atoms with Crippen LogP contribution in [0.5, 0.6) is 0 Å². The molecule has 0 spiro atoms. The largest absolute Gasteiger partial charge is 0.416 e. The Balaban J connectivity index is 0.00000363. The maximum absolute atomic E-state index is 12.7. The van der Waals surface area contributed by atoms with Crippen LogP contribution >= 0.6 is 24.0 Å². The lowest BCUT2D eigenvalue weighted by Crippen LogP contribution is -2.44. The van der Waals surface area contributed by atoms with Crippen molar-refractivity contribution in [3.63, 3.8) is 0 Å². The van der Waals surface area contributed by atoms with Gasteiger partial charge in [0.1, 0.15) is 5.82 Å². The van der Waals surface area contributed by atoms with Gasteiger partial charge in [0.2, 0.25) is 0 Å². The highest BCUT2D eigenvalue weighted by molar-refractivity contribution is 14.0. The van der Waals surface area contributed by atoms with Crippen molar-refractivity contribution in [1.29, 1.82) is 0 Å². The second-order valence-electron chi connectivity index (χ2n) is 7.87. The Bertz CT molecular complexity index is 886. The van der Waals surface area contributed by atoms with E-state index in [0.717, 1.165) is 54.5 Å². The lowest BCUT2D eigenvalue weighted by molar-refractivity contribution is -0.137. The fourth-order valence-corrected chi connectivity index (χ4v) is 3.69. The second kappa shape index (κ2) is 11.7. The first-order valence-electron chi connectivity index (χ1n) is 10.2. The third-order valence-electron chi connectivity index (χ3n) is 5.26. The third-order valence-corrected chi connectivity index (χ3v) is 5.26. The number of anilines is 1. The first kappa shape index (κ1) is 26.2. The summed E-state index contributed by atoms with van der Waals surface area (Å²) in [6.07, 6.45) is -1.58. The lowest BCUT2D eigenvalue weighted by atomic mass is 10.1. The predicted molar refractivity (Wildman–Crippen MR) is 132 cm³/mol. The number of hydrogen-bond donors (Lipinski definition) is 2. The van der Waals surface area contributed by atoms with Gasteiger partial charge in [-0.15, -0.1) is 24.0 Å². The highest BCUT2D eigenvalue weighted by Gasteiger charge is 2.30. The zero-order valence-electron chi connectivity index (χ0n) is 18.5. The molecular formula is C22H30F3IN6. The van der Waals surface area contributed by atoms with E-state index >= 15 is 0 Å². The van der Waals surface area contributed by atoms with Crippen molar-refractivity contribution in [2.45, 2.75) is 31.7 Å². The standard InChI is InChI=1S/C22H29F3N6.HI/c1-26-21(28-13-17-5-4-11-27-20(17)30(2)3)29-19-10-12-31(15-19)14-16-6-8-18(9-7-16)22(23,24)25;/h4-9,11,19H,10,12-15H2,1-3H3,(H2,26,28,29);1H.